The van der Waals surface area contributed by atoms with Gasteiger partial charge in [-0.25, -0.2) is 0 Å². The molecule has 0 radical (unpaired) electrons. The second kappa shape index (κ2) is 8.54. The standard InChI is InChI=1S/C16H23NO4/c1-11(2)7-12-3-5-13(6-4-12)8-14(18)9-21-10-15(17)16(19)20/h3-6,11,15H,7-10,17H2,1-2H3,(H,19,20). The fourth-order valence-electron chi connectivity index (χ4n) is 1.91. The normalized spacial score (nSPS) is 12.4. The minimum atomic E-state index is -1.14. The van der Waals surface area contributed by atoms with E-state index in [-0.39, 0.29) is 25.4 Å². The second-order valence-corrected chi connectivity index (χ2v) is 5.59. The maximum atomic E-state index is 11.7. The lowest BCUT2D eigenvalue weighted by Crippen LogP contribution is -2.35. The van der Waals surface area contributed by atoms with Crippen LogP contribution in [0.1, 0.15) is 25.0 Å². The van der Waals surface area contributed by atoms with Gasteiger partial charge < -0.3 is 15.6 Å². The third kappa shape index (κ3) is 7.02. The van der Waals surface area contributed by atoms with E-state index in [1.165, 1.54) is 5.56 Å². The number of hydrogen-bond acceptors (Lipinski definition) is 4. The Kier molecular flexibility index (Phi) is 7.05. The van der Waals surface area contributed by atoms with Crippen molar-refractivity contribution in [1.82, 2.24) is 0 Å². The molecule has 0 aliphatic carbocycles. The minimum absolute atomic E-state index is 0.0933. The van der Waals surface area contributed by atoms with Crippen molar-refractivity contribution in [2.24, 2.45) is 11.7 Å². The highest BCUT2D eigenvalue weighted by Gasteiger charge is 2.12. The molecule has 0 spiro atoms. The van der Waals surface area contributed by atoms with Gasteiger partial charge in [0.2, 0.25) is 0 Å². The van der Waals surface area contributed by atoms with Gasteiger partial charge in [0.1, 0.15) is 12.6 Å². The molecule has 5 heteroatoms. The van der Waals surface area contributed by atoms with Gasteiger partial charge in [0.15, 0.2) is 5.78 Å². The third-order valence-corrected chi connectivity index (χ3v) is 2.95. The largest absolute Gasteiger partial charge is 0.480 e. The van der Waals surface area contributed by atoms with Gasteiger partial charge in [-0.3, -0.25) is 9.59 Å². The number of carboxylic acid groups (broad SMARTS) is 1. The van der Waals surface area contributed by atoms with E-state index >= 15 is 0 Å². The topological polar surface area (TPSA) is 89.6 Å². The molecular formula is C16H23NO4. The monoisotopic (exact) mass is 293 g/mol. The molecule has 1 aromatic carbocycles. The van der Waals surface area contributed by atoms with Crippen molar-refractivity contribution in [2.75, 3.05) is 13.2 Å². The highest BCUT2D eigenvalue weighted by molar-refractivity contribution is 5.82. The van der Waals surface area contributed by atoms with Gasteiger partial charge in [0.05, 0.1) is 6.61 Å². The Hall–Kier alpha value is -1.72. The summed E-state index contributed by atoms with van der Waals surface area (Å²) < 4.78 is 5.01. The number of carboxylic acids is 1. The first-order valence-electron chi connectivity index (χ1n) is 7.04. The summed E-state index contributed by atoms with van der Waals surface area (Å²) in [5.41, 5.74) is 7.46. The van der Waals surface area contributed by atoms with Gasteiger partial charge in [-0.1, -0.05) is 38.1 Å². The zero-order valence-corrected chi connectivity index (χ0v) is 12.5. The molecule has 0 saturated heterocycles. The molecule has 0 aliphatic rings. The van der Waals surface area contributed by atoms with Crippen LogP contribution in [0.2, 0.25) is 0 Å². The van der Waals surface area contributed by atoms with Crippen LogP contribution in [0.4, 0.5) is 0 Å². The number of Topliss-reactive ketones (excluding diaryl/α,β-unsaturated/α-hetero) is 1. The number of carbonyl (C=O) groups excluding carboxylic acids is 1. The average molecular weight is 293 g/mol. The molecule has 0 aromatic heterocycles. The summed E-state index contributed by atoms with van der Waals surface area (Å²) in [4.78, 5) is 22.2. The highest BCUT2D eigenvalue weighted by Crippen LogP contribution is 2.10. The van der Waals surface area contributed by atoms with E-state index < -0.39 is 12.0 Å². The first-order valence-corrected chi connectivity index (χ1v) is 7.04. The maximum Gasteiger partial charge on any atom is 0.322 e. The van der Waals surface area contributed by atoms with E-state index in [1.54, 1.807) is 0 Å². The maximum absolute atomic E-state index is 11.7. The van der Waals surface area contributed by atoms with Gasteiger partial charge in [-0.15, -0.1) is 0 Å². The van der Waals surface area contributed by atoms with E-state index in [2.05, 4.69) is 13.8 Å². The van der Waals surface area contributed by atoms with Crippen molar-refractivity contribution in [3.63, 3.8) is 0 Å². The molecule has 116 valence electrons. The summed E-state index contributed by atoms with van der Waals surface area (Å²) in [6.07, 6.45) is 1.30. The van der Waals surface area contributed by atoms with Crippen LogP contribution >= 0.6 is 0 Å². The predicted octanol–water partition coefficient (Wildman–Crippen LogP) is 1.43. The number of hydrogen-bond donors (Lipinski definition) is 2. The zero-order valence-electron chi connectivity index (χ0n) is 12.5. The third-order valence-electron chi connectivity index (χ3n) is 2.95. The quantitative estimate of drug-likeness (QED) is 0.719. The molecular weight excluding hydrogens is 270 g/mol. The van der Waals surface area contributed by atoms with Crippen LogP contribution in [0.15, 0.2) is 24.3 Å². The number of rotatable bonds is 9. The second-order valence-electron chi connectivity index (χ2n) is 5.59. The van der Waals surface area contributed by atoms with Gasteiger partial charge >= 0.3 is 5.97 Å². The summed E-state index contributed by atoms with van der Waals surface area (Å²) in [7, 11) is 0. The van der Waals surface area contributed by atoms with E-state index in [1.807, 2.05) is 24.3 Å². The van der Waals surface area contributed by atoms with Crippen molar-refractivity contribution in [2.45, 2.75) is 32.7 Å². The Labute approximate surface area is 125 Å². The number of nitrogens with two attached hydrogens (primary N) is 1. The van der Waals surface area contributed by atoms with Crippen molar-refractivity contribution >= 4 is 11.8 Å². The molecule has 0 fully saturated rings. The van der Waals surface area contributed by atoms with Crippen LogP contribution < -0.4 is 5.73 Å². The Balaban J connectivity index is 2.36. The van der Waals surface area contributed by atoms with Crippen molar-refractivity contribution in [3.8, 4) is 0 Å². The molecule has 0 bridgehead atoms. The van der Waals surface area contributed by atoms with Crippen molar-refractivity contribution < 1.29 is 19.4 Å². The Morgan fingerprint density at radius 1 is 1.19 bits per heavy atom. The van der Waals surface area contributed by atoms with Crippen molar-refractivity contribution in [1.29, 1.82) is 0 Å². The fraction of sp³-hybridized carbons (Fsp3) is 0.500. The Bertz CT molecular complexity index is 468. The first-order chi connectivity index (χ1) is 9.88. The number of carbonyl (C=O) groups is 2. The van der Waals surface area contributed by atoms with E-state index in [9.17, 15) is 9.59 Å². The Morgan fingerprint density at radius 2 is 1.76 bits per heavy atom. The van der Waals surface area contributed by atoms with Gasteiger partial charge in [-0.05, 0) is 23.5 Å². The van der Waals surface area contributed by atoms with E-state index in [0.29, 0.717) is 5.92 Å². The van der Waals surface area contributed by atoms with Gasteiger partial charge in [-0.2, -0.15) is 0 Å². The summed E-state index contributed by atoms with van der Waals surface area (Å²) in [6.45, 7) is 4.05. The van der Waals surface area contributed by atoms with Crippen LogP contribution in [0, 0.1) is 5.92 Å². The van der Waals surface area contributed by atoms with Crippen LogP contribution in [0.25, 0.3) is 0 Å². The van der Waals surface area contributed by atoms with Crippen LogP contribution in [0.5, 0.6) is 0 Å². The zero-order chi connectivity index (χ0) is 15.8. The molecule has 21 heavy (non-hydrogen) atoms. The lowest BCUT2D eigenvalue weighted by atomic mass is 10.0. The molecule has 1 aromatic rings. The van der Waals surface area contributed by atoms with Gasteiger partial charge in [0.25, 0.3) is 0 Å². The Morgan fingerprint density at radius 3 is 2.29 bits per heavy atom. The average Bonchev–Trinajstić information content (AvgIpc) is 2.40. The summed E-state index contributed by atoms with van der Waals surface area (Å²) in [5.74, 6) is -0.628. The van der Waals surface area contributed by atoms with Crippen LogP contribution in [0.3, 0.4) is 0 Å². The fourth-order valence-corrected chi connectivity index (χ4v) is 1.91. The highest BCUT2D eigenvalue weighted by atomic mass is 16.5. The molecule has 5 nitrogen and oxygen atoms in total. The number of benzene rings is 1. The minimum Gasteiger partial charge on any atom is -0.480 e. The summed E-state index contributed by atoms with van der Waals surface area (Å²) >= 11 is 0. The van der Waals surface area contributed by atoms with Crippen LogP contribution in [-0.4, -0.2) is 36.1 Å². The first kappa shape index (κ1) is 17.3. The van der Waals surface area contributed by atoms with E-state index in [4.69, 9.17) is 15.6 Å². The molecule has 3 N–H and O–H groups in total. The molecule has 0 amide bonds. The molecule has 0 aliphatic heterocycles. The van der Waals surface area contributed by atoms with Crippen molar-refractivity contribution in [3.05, 3.63) is 35.4 Å². The molecule has 0 saturated carbocycles. The van der Waals surface area contributed by atoms with E-state index in [0.717, 1.165) is 12.0 Å². The molecule has 0 heterocycles. The van der Waals surface area contributed by atoms with Crippen LogP contribution in [-0.2, 0) is 27.2 Å². The lowest BCUT2D eigenvalue weighted by Gasteiger charge is -2.08. The molecule has 1 unspecified atom stereocenters. The van der Waals surface area contributed by atoms with Gasteiger partial charge in [0, 0.05) is 6.42 Å². The lowest BCUT2D eigenvalue weighted by molar-refractivity contribution is -0.140. The summed E-state index contributed by atoms with van der Waals surface area (Å²) in [6, 6.07) is 6.86. The number of aliphatic carboxylic acids is 1. The number of ether oxygens (including phenoxy) is 1. The molecule has 1 atom stereocenters. The SMILES string of the molecule is CC(C)Cc1ccc(CC(=O)COCC(N)C(=O)O)cc1. The molecule has 1 rings (SSSR count). The smallest absolute Gasteiger partial charge is 0.322 e. The summed E-state index contributed by atoms with van der Waals surface area (Å²) in [5, 5.41) is 8.58. The predicted molar refractivity (Wildman–Crippen MR) is 80.1 cm³/mol. The number of ketones is 1.